The van der Waals surface area contributed by atoms with E-state index in [0.29, 0.717) is 6.16 Å². The molecule has 2 nitrogen and oxygen atoms in total. The van der Waals surface area contributed by atoms with Crippen molar-refractivity contribution in [1.29, 1.82) is 0 Å². The number of hydrogen-bond acceptors (Lipinski definition) is 2. The third-order valence-corrected chi connectivity index (χ3v) is 5.44. The van der Waals surface area contributed by atoms with Crippen LogP contribution in [-0.4, -0.2) is 25.3 Å². The van der Waals surface area contributed by atoms with Crippen LogP contribution in [0.15, 0.2) is 30.3 Å². The van der Waals surface area contributed by atoms with Crippen LogP contribution in [0.3, 0.4) is 0 Å². The van der Waals surface area contributed by atoms with Gasteiger partial charge in [0.25, 0.3) is 0 Å². The minimum Gasteiger partial charge on any atom is -0.324 e. The highest BCUT2D eigenvalue weighted by Crippen LogP contribution is 2.49. The van der Waals surface area contributed by atoms with Gasteiger partial charge in [0.1, 0.15) is 5.78 Å². The molecular formula is C17H25O2P. The fraction of sp³-hybridized carbons (Fsp3) is 0.588. The number of hydrogen-bond donors (Lipinski definition) is 0. The van der Waals surface area contributed by atoms with Crippen LogP contribution >= 0.6 is 7.14 Å². The summed E-state index contributed by atoms with van der Waals surface area (Å²) in [5.74, 6) is 0.255. The Hall–Kier alpha value is -0.880. The first-order chi connectivity index (χ1) is 9.41. The van der Waals surface area contributed by atoms with E-state index in [1.807, 2.05) is 6.07 Å². The summed E-state index contributed by atoms with van der Waals surface area (Å²) < 4.78 is 11.9. The summed E-state index contributed by atoms with van der Waals surface area (Å²) in [5, 5.41) is 0. The molecule has 110 valence electrons. The van der Waals surface area contributed by atoms with Gasteiger partial charge in [0.2, 0.25) is 0 Å². The van der Waals surface area contributed by atoms with E-state index in [4.69, 9.17) is 0 Å². The third-order valence-electron chi connectivity index (χ3n) is 4.39. The van der Waals surface area contributed by atoms with Crippen molar-refractivity contribution < 1.29 is 9.36 Å². The summed E-state index contributed by atoms with van der Waals surface area (Å²) in [4.78, 5) is 12.4. The van der Waals surface area contributed by atoms with E-state index < -0.39 is 7.14 Å². The van der Waals surface area contributed by atoms with Crippen LogP contribution < -0.4 is 0 Å². The number of Topliss-reactive ketones (excluding diaryl/α,β-unsaturated/α-hetero) is 1. The van der Waals surface area contributed by atoms with E-state index >= 15 is 0 Å². The molecule has 1 aromatic rings. The maximum atomic E-state index is 12.4. The standard InChI is InChI=1S/C17H25O2P/c1-20(2,19)14-16(18)17(12-7-13-17)11-6-10-15-8-4-3-5-9-15/h3-5,8-9H,6-7,10-14H2,1-2H3. The molecule has 0 aliphatic heterocycles. The second-order valence-electron chi connectivity index (χ2n) is 6.63. The Balaban J connectivity index is 1.88. The van der Waals surface area contributed by atoms with Gasteiger partial charge in [-0.2, -0.15) is 0 Å². The Morgan fingerprint density at radius 3 is 2.35 bits per heavy atom. The maximum Gasteiger partial charge on any atom is 0.146 e. The van der Waals surface area contributed by atoms with Crippen LogP contribution in [0, 0.1) is 5.41 Å². The molecule has 1 saturated carbocycles. The van der Waals surface area contributed by atoms with Crippen LogP contribution in [0.2, 0.25) is 0 Å². The second-order valence-corrected chi connectivity index (χ2v) is 10.1. The SMILES string of the molecule is CP(C)(=O)CC(=O)C1(CCCc2ccccc2)CCC1. The molecule has 1 aliphatic carbocycles. The van der Waals surface area contributed by atoms with E-state index in [1.165, 1.54) is 5.56 Å². The monoisotopic (exact) mass is 292 g/mol. The molecule has 1 fully saturated rings. The van der Waals surface area contributed by atoms with Crippen LogP contribution in [0.4, 0.5) is 0 Å². The molecule has 0 bridgehead atoms. The van der Waals surface area contributed by atoms with E-state index in [9.17, 15) is 9.36 Å². The zero-order valence-corrected chi connectivity index (χ0v) is 13.5. The van der Waals surface area contributed by atoms with E-state index in [1.54, 1.807) is 13.3 Å². The van der Waals surface area contributed by atoms with Crippen molar-refractivity contribution in [2.75, 3.05) is 19.5 Å². The molecule has 20 heavy (non-hydrogen) atoms. The first kappa shape index (κ1) is 15.5. The zero-order chi connectivity index (χ0) is 14.6. The van der Waals surface area contributed by atoms with Crippen molar-refractivity contribution in [2.24, 2.45) is 5.41 Å². The van der Waals surface area contributed by atoms with Gasteiger partial charge in [-0.05, 0) is 51.0 Å². The minimum absolute atomic E-state index is 0.142. The molecule has 0 unspecified atom stereocenters. The number of aryl methyl sites for hydroxylation is 1. The highest BCUT2D eigenvalue weighted by molar-refractivity contribution is 7.63. The highest BCUT2D eigenvalue weighted by atomic mass is 31.2. The molecule has 0 spiro atoms. The fourth-order valence-corrected chi connectivity index (χ4v) is 4.09. The minimum atomic E-state index is -2.24. The summed E-state index contributed by atoms with van der Waals surface area (Å²) in [6.07, 6.45) is 6.48. The number of benzene rings is 1. The summed E-state index contributed by atoms with van der Waals surface area (Å²) in [6, 6.07) is 10.4. The van der Waals surface area contributed by atoms with Gasteiger partial charge >= 0.3 is 0 Å². The van der Waals surface area contributed by atoms with Crippen LogP contribution in [-0.2, 0) is 15.8 Å². The Bertz CT molecular complexity index is 497. The third kappa shape index (κ3) is 4.06. The van der Waals surface area contributed by atoms with Crippen molar-refractivity contribution in [3.63, 3.8) is 0 Å². The molecule has 0 N–H and O–H groups in total. The Morgan fingerprint density at radius 2 is 1.85 bits per heavy atom. The van der Waals surface area contributed by atoms with Gasteiger partial charge in [-0.3, -0.25) is 4.79 Å². The van der Waals surface area contributed by atoms with Gasteiger partial charge in [0.05, 0.1) is 13.3 Å². The second kappa shape index (κ2) is 6.26. The first-order valence-electron chi connectivity index (χ1n) is 7.53. The predicted molar refractivity (Wildman–Crippen MR) is 85.0 cm³/mol. The van der Waals surface area contributed by atoms with Crippen molar-refractivity contribution in [2.45, 2.75) is 38.5 Å². The number of ketones is 1. The molecule has 0 saturated heterocycles. The molecule has 0 amide bonds. The lowest BCUT2D eigenvalue weighted by Crippen LogP contribution is -2.39. The van der Waals surface area contributed by atoms with Gasteiger partial charge in [-0.1, -0.05) is 36.8 Å². The lowest BCUT2D eigenvalue weighted by Gasteiger charge is -2.41. The van der Waals surface area contributed by atoms with Gasteiger partial charge in [0.15, 0.2) is 0 Å². The normalized spacial score (nSPS) is 17.5. The lowest BCUT2D eigenvalue weighted by molar-refractivity contribution is -0.131. The maximum absolute atomic E-state index is 12.4. The van der Waals surface area contributed by atoms with Crippen molar-refractivity contribution in [3.05, 3.63) is 35.9 Å². The van der Waals surface area contributed by atoms with Crippen LogP contribution in [0.1, 0.15) is 37.7 Å². The number of rotatable bonds is 7. The van der Waals surface area contributed by atoms with E-state index in [-0.39, 0.29) is 11.2 Å². The molecule has 1 aromatic carbocycles. The molecule has 0 radical (unpaired) electrons. The molecule has 1 aliphatic rings. The smallest absolute Gasteiger partial charge is 0.146 e. The summed E-state index contributed by atoms with van der Waals surface area (Å²) in [6.45, 7) is 3.45. The molecule has 3 heteroatoms. The van der Waals surface area contributed by atoms with Crippen molar-refractivity contribution in [1.82, 2.24) is 0 Å². The van der Waals surface area contributed by atoms with Crippen molar-refractivity contribution in [3.8, 4) is 0 Å². The number of carbonyl (C=O) groups is 1. The van der Waals surface area contributed by atoms with Gasteiger partial charge in [-0.25, -0.2) is 0 Å². The average molecular weight is 292 g/mol. The molecule has 2 rings (SSSR count). The summed E-state index contributed by atoms with van der Waals surface area (Å²) in [7, 11) is -2.24. The van der Waals surface area contributed by atoms with E-state index in [0.717, 1.165) is 38.5 Å². The summed E-state index contributed by atoms with van der Waals surface area (Å²) >= 11 is 0. The van der Waals surface area contributed by atoms with Crippen LogP contribution in [0.25, 0.3) is 0 Å². The Morgan fingerprint density at radius 1 is 1.20 bits per heavy atom. The largest absolute Gasteiger partial charge is 0.324 e. The average Bonchev–Trinajstić information content (AvgIpc) is 2.31. The Labute approximate surface area is 122 Å². The van der Waals surface area contributed by atoms with Gasteiger partial charge < -0.3 is 4.57 Å². The lowest BCUT2D eigenvalue weighted by atomic mass is 9.63. The quantitative estimate of drug-likeness (QED) is 0.699. The first-order valence-corrected chi connectivity index (χ1v) is 10.3. The van der Waals surface area contributed by atoms with E-state index in [2.05, 4.69) is 24.3 Å². The fourth-order valence-electron chi connectivity index (χ4n) is 3.06. The molecule has 0 aromatic heterocycles. The van der Waals surface area contributed by atoms with Gasteiger partial charge in [-0.15, -0.1) is 0 Å². The Kier molecular flexibility index (Phi) is 4.86. The van der Waals surface area contributed by atoms with Gasteiger partial charge in [0, 0.05) is 5.41 Å². The molecule has 0 heterocycles. The zero-order valence-electron chi connectivity index (χ0n) is 12.6. The van der Waals surface area contributed by atoms with Crippen molar-refractivity contribution >= 4 is 12.9 Å². The molecular weight excluding hydrogens is 267 g/mol. The topological polar surface area (TPSA) is 34.1 Å². The number of carbonyl (C=O) groups excluding carboxylic acids is 1. The summed E-state index contributed by atoms with van der Waals surface area (Å²) in [5.41, 5.74) is 1.20. The molecule has 0 atom stereocenters. The highest BCUT2D eigenvalue weighted by Gasteiger charge is 2.43. The van der Waals surface area contributed by atoms with Crippen LogP contribution in [0.5, 0.6) is 0 Å². The predicted octanol–water partition coefficient (Wildman–Crippen LogP) is 4.37.